The first-order valence-electron chi connectivity index (χ1n) is 5.75. The first kappa shape index (κ1) is 14.8. The van der Waals surface area contributed by atoms with Gasteiger partial charge in [0.05, 0.1) is 0 Å². The Morgan fingerprint density at radius 1 is 1.10 bits per heavy atom. The largest absolute Gasteiger partial charge is 0.508 e. The molecule has 0 atom stereocenters. The van der Waals surface area contributed by atoms with Crippen LogP contribution in [0.1, 0.15) is 0 Å². The summed E-state index contributed by atoms with van der Waals surface area (Å²) in [6.07, 6.45) is 1.35. The van der Waals surface area contributed by atoms with Gasteiger partial charge in [-0.3, -0.25) is 0 Å². The van der Waals surface area contributed by atoms with E-state index >= 15 is 0 Å². The highest BCUT2D eigenvalue weighted by Crippen LogP contribution is 2.27. The van der Waals surface area contributed by atoms with E-state index in [0.717, 1.165) is 9.20 Å². The number of nitrogens with zero attached hydrogens (tertiary/aromatic N) is 2. The highest BCUT2D eigenvalue weighted by molar-refractivity contribution is 7.99. The maximum absolute atomic E-state index is 11.9. The molecule has 2 aromatic rings. The molecule has 5 nitrogen and oxygen atoms in total. The Balaban J connectivity index is 2.19. The number of rotatable bonds is 4. The van der Waals surface area contributed by atoms with Crippen LogP contribution in [-0.2, 0) is 10.0 Å². The number of pyridine rings is 1. The van der Waals surface area contributed by atoms with Crippen LogP contribution in [0.4, 0.5) is 0 Å². The minimum atomic E-state index is -3.44. The lowest BCUT2D eigenvalue weighted by molar-refractivity contribution is 0.475. The molecule has 0 aliphatic heterocycles. The lowest BCUT2D eigenvalue weighted by atomic mass is 10.3. The van der Waals surface area contributed by atoms with Gasteiger partial charge in [-0.2, -0.15) is 0 Å². The molecule has 0 bridgehead atoms. The van der Waals surface area contributed by atoms with Crippen molar-refractivity contribution in [2.24, 2.45) is 0 Å². The first-order valence-corrected chi connectivity index (χ1v) is 8.01. The Labute approximate surface area is 122 Å². The summed E-state index contributed by atoms with van der Waals surface area (Å²) < 4.78 is 24.9. The van der Waals surface area contributed by atoms with Crippen molar-refractivity contribution in [3.05, 3.63) is 42.6 Å². The van der Waals surface area contributed by atoms with Gasteiger partial charge < -0.3 is 5.11 Å². The number of aromatic nitrogens is 1. The fourth-order valence-corrected chi connectivity index (χ4v) is 3.03. The summed E-state index contributed by atoms with van der Waals surface area (Å²) in [7, 11) is -0.482. The van der Waals surface area contributed by atoms with Crippen molar-refractivity contribution in [1.29, 1.82) is 0 Å². The third kappa shape index (κ3) is 3.30. The van der Waals surface area contributed by atoms with Crippen molar-refractivity contribution in [1.82, 2.24) is 9.29 Å². The van der Waals surface area contributed by atoms with Crippen LogP contribution < -0.4 is 0 Å². The van der Waals surface area contributed by atoms with Crippen LogP contribution in [0.3, 0.4) is 0 Å². The number of hydrogen-bond donors (Lipinski definition) is 1. The molecular weight excluding hydrogens is 296 g/mol. The molecule has 7 heteroatoms. The van der Waals surface area contributed by atoms with Crippen LogP contribution in [-0.4, -0.2) is 36.9 Å². The van der Waals surface area contributed by atoms with Gasteiger partial charge in [-0.25, -0.2) is 17.7 Å². The van der Waals surface area contributed by atoms with E-state index in [1.54, 1.807) is 30.3 Å². The van der Waals surface area contributed by atoms with Crippen LogP contribution in [0.2, 0.25) is 0 Å². The predicted molar refractivity (Wildman–Crippen MR) is 77.3 cm³/mol. The minimum Gasteiger partial charge on any atom is -0.508 e. The Morgan fingerprint density at radius 3 is 2.25 bits per heavy atom. The average molecular weight is 310 g/mol. The number of benzene rings is 1. The van der Waals surface area contributed by atoms with Gasteiger partial charge in [0.1, 0.15) is 15.7 Å². The number of phenols is 1. The summed E-state index contributed by atoms with van der Waals surface area (Å²) in [5.41, 5.74) is 0. The predicted octanol–water partition coefficient (Wildman–Crippen LogP) is 2.19. The molecule has 0 aliphatic rings. The van der Waals surface area contributed by atoms with Crippen LogP contribution in [0.15, 0.2) is 57.4 Å². The third-order valence-corrected chi connectivity index (χ3v) is 5.30. The third-order valence-electron chi connectivity index (χ3n) is 2.55. The van der Waals surface area contributed by atoms with Gasteiger partial charge in [0, 0.05) is 25.2 Å². The lowest BCUT2D eigenvalue weighted by Crippen LogP contribution is -2.22. The van der Waals surface area contributed by atoms with E-state index in [2.05, 4.69) is 4.98 Å². The van der Waals surface area contributed by atoms with Crippen molar-refractivity contribution in [3.8, 4) is 5.75 Å². The van der Waals surface area contributed by atoms with Crippen molar-refractivity contribution in [2.75, 3.05) is 14.1 Å². The summed E-state index contributed by atoms with van der Waals surface area (Å²) in [6, 6.07) is 9.91. The Hall–Kier alpha value is -1.57. The molecule has 0 radical (unpaired) electrons. The number of phenolic OH excluding ortho intramolecular Hbond substituents is 1. The lowest BCUT2D eigenvalue weighted by Gasteiger charge is -2.11. The van der Waals surface area contributed by atoms with Gasteiger partial charge in [0.2, 0.25) is 10.0 Å². The number of sulfonamides is 1. The molecule has 0 aliphatic carbocycles. The van der Waals surface area contributed by atoms with Crippen molar-refractivity contribution in [2.45, 2.75) is 14.8 Å². The summed E-state index contributed by atoms with van der Waals surface area (Å²) >= 11 is 1.39. The maximum atomic E-state index is 11.9. The fraction of sp³-hybridized carbons (Fsp3) is 0.154. The standard InChI is InChI=1S/C13H14N2O3S2/c1-15(2)20(17,18)12-7-8-13(14-9-12)19-11-5-3-10(16)4-6-11/h3-9,16H,1-2H3. The topological polar surface area (TPSA) is 70.5 Å². The first-order chi connectivity index (χ1) is 9.39. The number of hydrogen-bond acceptors (Lipinski definition) is 5. The molecule has 0 saturated carbocycles. The zero-order valence-corrected chi connectivity index (χ0v) is 12.6. The quantitative estimate of drug-likeness (QED) is 0.937. The molecule has 1 heterocycles. The molecule has 0 fully saturated rings. The fourth-order valence-electron chi connectivity index (χ4n) is 1.43. The molecule has 1 aromatic heterocycles. The smallest absolute Gasteiger partial charge is 0.244 e. The van der Waals surface area contributed by atoms with Crippen molar-refractivity contribution >= 4 is 21.8 Å². The van der Waals surface area contributed by atoms with E-state index in [0.29, 0.717) is 5.03 Å². The zero-order valence-electron chi connectivity index (χ0n) is 11.0. The van der Waals surface area contributed by atoms with E-state index in [1.807, 2.05) is 0 Å². The molecule has 1 N–H and O–H groups in total. The second-order valence-corrected chi connectivity index (χ2v) is 7.46. The van der Waals surface area contributed by atoms with E-state index in [1.165, 1.54) is 38.1 Å². The second kappa shape index (κ2) is 5.82. The van der Waals surface area contributed by atoms with Crippen LogP contribution in [0, 0.1) is 0 Å². The Bertz CT molecular complexity index is 681. The van der Waals surface area contributed by atoms with E-state index in [4.69, 9.17) is 0 Å². The molecule has 1 aromatic carbocycles. The van der Waals surface area contributed by atoms with Gasteiger partial charge in [-0.15, -0.1) is 0 Å². The SMILES string of the molecule is CN(C)S(=O)(=O)c1ccc(Sc2ccc(O)cc2)nc1. The highest BCUT2D eigenvalue weighted by atomic mass is 32.2. The zero-order chi connectivity index (χ0) is 14.8. The summed E-state index contributed by atoms with van der Waals surface area (Å²) in [5.74, 6) is 0.203. The summed E-state index contributed by atoms with van der Waals surface area (Å²) in [6.45, 7) is 0. The summed E-state index contributed by atoms with van der Waals surface area (Å²) in [4.78, 5) is 5.22. The van der Waals surface area contributed by atoms with Crippen molar-refractivity contribution < 1.29 is 13.5 Å². The van der Waals surface area contributed by atoms with E-state index in [-0.39, 0.29) is 10.6 Å². The molecule has 0 spiro atoms. The second-order valence-electron chi connectivity index (χ2n) is 4.22. The van der Waals surface area contributed by atoms with E-state index in [9.17, 15) is 13.5 Å². The minimum absolute atomic E-state index is 0.164. The van der Waals surface area contributed by atoms with E-state index < -0.39 is 10.0 Å². The van der Waals surface area contributed by atoms with Gasteiger partial charge in [0.15, 0.2) is 0 Å². The molecule has 0 saturated heterocycles. The van der Waals surface area contributed by atoms with Gasteiger partial charge in [-0.1, -0.05) is 11.8 Å². The van der Waals surface area contributed by atoms with Gasteiger partial charge >= 0.3 is 0 Å². The normalized spacial score (nSPS) is 11.8. The average Bonchev–Trinajstić information content (AvgIpc) is 2.42. The Morgan fingerprint density at radius 2 is 1.75 bits per heavy atom. The van der Waals surface area contributed by atoms with Gasteiger partial charge in [0.25, 0.3) is 0 Å². The van der Waals surface area contributed by atoms with Crippen molar-refractivity contribution in [3.63, 3.8) is 0 Å². The van der Waals surface area contributed by atoms with Crippen LogP contribution in [0.25, 0.3) is 0 Å². The molecule has 106 valence electrons. The monoisotopic (exact) mass is 310 g/mol. The summed E-state index contributed by atoms with van der Waals surface area (Å²) in [5, 5.41) is 9.89. The molecule has 0 amide bonds. The molecule has 2 rings (SSSR count). The highest BCUT2D eigenvalue weighted by Gasteiger charge is 2.17. The van der Waals surface area contributed by atoms with Crippen LogP contribution >= 0.6 is 11.8 Å². The maximum Gasteiger partial charge on any atom is 0.244 e. The molecule has 20 heavy (non-hydrogen) atoms. The Kier molecular flexibility index (Phi) is 4.32. The number of aromatic hydroxyl groups is 1. The van der Waals surface area contributed by atoms with Gasteiger partial charge in [-0.05, 0) is 36.4 Å². The van der Waals surface area contributed by atoms with Crippen LogP contribution in [0.5, 0.6) is 5.75 Å². The molecular formula is C13H14N2O3S2. The molecule has 0 unspecified atom stereocenters.